The third-order valence-electron chi connectivity index (χ3n) is 5.40. The molecule has 1 heterocycles. The number of ether oxygens (including phenoxy) is 1. The number of hydrogen-bond acceptors (Lipinski definition) is 6. The van der Waals surface area contributed by atoms with Crippen molar-refractivity contribution in [2.45, 2.75) is 11.8 Å². The molecule has 0 unspecified atom stereocenters. The van der Waals surface area contributed by atoms with Crippen molar-refractivity contribution in [3.05, 3.63) is 80.9 Å². The lowest BCUT2D eigenvalue weighted by Gasteiger charge is -2.24. The summed E-state index contributed by atoms with van der Waals surface area (Å²) < 4.78 is 35.5. The predicted octanol–water partition coefficient (Wildman–Crippen LogP) is 4.40. The molecule has 0 aliphatic carbocycles. The van der Waals surface area contributed by atoms with Crippen molar-refractivity contribution in [2.75, 3.05) is 23.3 Å². The van der Waals surface area contributed by atoms with E-state index in [1.165, 1.54) is 35.9 Å². The number of carbonyl (C=O) groups is 1. The summed E-state index contributed by atoms with van der Waals surface area (Å²) >= 11 is 7.32. The maximum Gasteiger partial charge on any atom is 0.307 e. The Bertz CT molecular complexity index is 1580. The highest BCUT2D eigenvalue weighted by atomic mass is 35.5. The summed E-state index contributed by atoms with van der Waals surface area (Å²) in [4.78, 5) is 24.8. The maximum atomic E-state index is 13.5. The van der Waals surface area contributed by atoms with Gasteiger partial charge in [0.2, 0.25) is 5.91 Å². The Morgan fingerprint density at radius 1 is 1.11 bits per heavy atom. The number of carbonyl (C=O) groups excluding carboxylic acids is 1. The van der Waals surface area contributed by atoms with Crippen LogP contribution < -0.4 is 19.2 Å². The molecule has 1 aromatic heterocycles. The monoisotopic (exact) mass is 531 g/mol. The van der Waals surface area contributed by atoms with Crippen LogP contribution in [0, 0.1) is 6.92 Å². The minimum atomic E-state index is -4.10. The third kappa shape index (κ3) is 5.04. The van der Waals surface area contributed by atoms with Gasteiger partial charge in [0.05, 0.1) is 32.9 Å². The van der Waals surface area contributed by atoms with Crippen LogP contribution in [0.25, 0.3) is 10.2 Å². The number of nitrogens with zero attached hydrogens (tertiary/aromatic N) is 2. The maximum absolute atomic E-state index is 13.5. The van der Waals surface area contributed by atoms with Crippen molar-refractivity contribution in [2.24, 2.45) is 7.05 Å². The zero-order valence-corrected chi connectivity index (χ0v) is 21.5. The summed E-state index contributed by atoms with van der Waals surface area (Å²) in [5.74, 6) is -0.182. The van der Waals surface area contributed by atoms with Gasteiger partial charge in [0.15, 0.2) is 0 Å². The van der Waals surface area contributed by atoms with Gasteiger partial charge in [0.1, 0.15) is 12.3 Å². The molecule has 0 aliphatic rings. The van der Waals surface area contributed by atoms with Crippen molar-refractivity contribution in [3.8, 4) is 5.75 Å². The van der Waals surface area contributed by atoms with Crippen LogP contribution in [0.4, 0.5) is 11.4 Å². The fourth-order valence-electron chi connectivity index (χ4n) is 3.51. The summed E-state index contributed by atoms with van der Waals surface area (Å²) in [5, 5.41) is 2.93. The number of nitrogens with one attached hydrogen (secondary N) is 1. The Hall–Kier alpha value is -3.34. The smallest absolute Gasteiger partial charge is 0.307 e. The molecule has 1 N–H and O–H groups in total. The number of benzene rings is 3. The van der Waals surface area contributed by atoms with E-state index >= 15 is 0 Å². The van der Waals surface area contributed by atoms with E-state index < -0.39 is 22.5 Å². The molecular weight excluding hydrogens is 510 g/mol. The topological polar surface area (TPSA) is 97.7 Å². The quantitative estimate of drug-likeness (QED) is 0.381. The third-order valence-corrected chi connectivity index (χ3v) is 8.47. The summed E-state index contributed by atoms with van der Waals surface area (Å²) in [5.41, 5.74) is 2.31. The second kappa shape index (κ2) is 9.73. The molecule has 0 bridgehead atoms. The summed E-state index contributed by atoms with van der Waals surface area (Å²) in [6, 6.07) is 15.9. The zero-order valence-electron chi connectivity index (χ0n) is 19.1. The molecule has 0 radical (unpaired) electrons. The Morgan fingerprint density at radius 3 is 2.49 bits per heavy atom. The second-order valence-electron chi connectivity index (χ2n) is 7.80. The highest BCUT2D eigenvalue weighted by Crippen LogP contribution is 2.32. The fourth-order valence-corrected chi connectivity index (χ4v) is 6.09. The van der Waals surface area contributed by atoms with Gasteiger partial charge in [-0.15, -0.1) is 0 Å². The lowest BCUT2D eigenvalue weighted by atomic mass is 10.2. The first-order chi connectivity index (χ1) is 16.6. The second-order valence-corrected chi connectivity index (χ2v) is 11.1. The van der Waals surface area contributed by atoms with Crippen molar-refractivity contribution >= 4 is 60.5 Å². The first-order valence-electron chi connectivity index (χ1n) is 10.4. The molecule has 0 fully saturated rings. The van der Waals surface area contributed by atoms with Crippen molar-refractivity contribution in [1.82, 2.24) is 4.57 Å². The summed E-state index contributed by atoms with van der Waals surface area (Å²) in [6.45, 7) is 1.35. The SMILES string of the molecule is COc1ccc(N(CC(=O)Nc2ccc3c(c2)sc(=O)n3C)S(=O)(=O)c2ccc(C)cc2)cc1Cl. The van der Waals surface area contributed by atoms with E-state index in [2.05, 4.69) is 5.32 Å². The molecule has 0 aliphatic heterocycles. The highest BCUT2D eigenvalue weighted by molar-refractivity contribution is 7.92. The molecule has 8 nitrogen and oxygen atoms in total. The Balaban J connectivity index is 1.68. The molecule has 11 heteroatoms. The van der Waals surface area contributed by atoms with Gasteiger partial charge in [-0.3, -0.25) is 13.9 Å². The molecule has 4 rings (SSSR count). The number of anilines is 2. The molecule has 4 aromatic rings. The Kier molecular flexibility index (Phi) is 6.88. The van der Waals surface area contributed by atoms with E-state index in [-0.39, 0.29) is 20.5 Å². The number of rotatable bonds is 7. The number of aryl methyl sites for hydroxylation is 2. The van der Waals surface area contributed by atoms with Crippen LogP contribution in [0.2, 0.25) is 5.02 Å². The van der Waals surface area contributed by atoms with E-state index in [1.807, 2.05) is 6.92 Å². The Labute approximate surface area is 211 Å². The molecule has 182 valence electrons. The van der Waals surface area contributed by atoms with Gasteiger partial charge in [-0.05, 0) is 55.5 Å². The number of aromatic nitrogens is 1. The number of amides is 1. The average Bonchev–Trinajstić information content (AvgIpc) is 3.10. The van der Waals surface area contributed by atoms with Crippen LogP contribution in [0.5, 0.6) is 5.75 Å². The van der Waals surface area contributed by atoms with Gasteiger partial charge in [-0.25, -0.2) is 8.42 Å². The highest BCUT2D eigenvalue weighted by Gasteiger charge is 2.28. The van der Waals surface area contributed by atoms with E-state index in [0.717, 1.165) is 26.7 Å². The minimum Gasteiger partial charge on any atom is -0.495 e. The van der Waals surface area contributed by atoms with E-state index in [9.17, 15) is 18.0 Å². The largest absolute Gasteiger partial charge is 0.495 e. The number of sulfonamides is 1. The lowest BCUT2D eigenvalue weighted by molar-refractivity contribution is -0.114. The average molecular weight is 532 g/mol. The molecule has 0 saturated carbocycles. The fraction of sp³-hybridized carbons (Fsp3) is 0.167. The van der Waals surface area contributed by atoms with Gasteiger partial charge in [-0.1, -0.05) is 40.6 Å². The van der Waals surface area contributed by atoms with E-state index in [0.29, 0.717) is 16.1 Å². The Morgan fingerprint density at radius 2 is 1.83 bits per heavy atom. The van der Waals surface area contributed by atoms with E-state index in [4.69, 9.17) is 16.3 Å². The summed E-state index contributed by atoms with van der Waals surface area (Å²) in [7, 11) is -0.974. The number of methoxy groups -OCH3 is 1. The molecular formula is C24H22ClN3O5S2. The first kappa shape index (κ1) is 24.8. The van der Waals surface area contributed by atoms with Gasteiger partial charge in [-0.2, -0.15) is 0 Å². The minimum absolute atomic E-state index is 0.0401. The van der Waals surface area contributed by atoms with Crippen molar-refractivity contribution in [3.63, 3.8) is 0 Å². The van der Waals surface area contributed by atoms with Crippen LogP contribution in [-0.2, 0) is 21.9 Å². The number of hydrogen-bond donors (Lipinski definition) is 1. The standard InChI is InChI=1S/C24H22ClN3O5S2/c1-15-4-8-18(9-5-15)35(31,32)28(17-7-11-21(33-3)19(25)13-17)14-23(29)26-16-6-10-20-22(12-16)34-24(30)27(20)2/h4-13H,14H2,1-3H3,(H,26,29). The van der Waals surface area contributed by atoms with Crippen LogP contribution in [-0.4, -0.2) is 32.5 Å². The zero-order chi connectivity index (χ0) is 25.3. The van der Waals surface area contributed by atoms with Gasteiger partial charge in [0, 0.05) is 12.7 Å². The lowest BCUT2D eigenvalue weighted by Crippen LogP contribution is -2.38. The van der Waals surface area contributed by atoms with Crippen molar-refractivity contribution in [1.29, 1.82) is 0 Å². The molecule has 3 aromatic carbocycles. The van der Waals surface area contributed by atoms with Crippen LogP contribution >= 0.6 is 22.9 Å². The van der Waals surface area contributed by atoms with Crippen LogP contribution in [0.15, 0.2) is 70.4 Å². The molecule has 0 atom stereocenters. The molecule has 35 heavy (non-hydrogen) atoms. The number of thiazole rings is 1. The van der Waals surface area contributed by atoms with Gasteiger partial charge in [0.25, 0.3) is 10.0 Å². The predicted molar refractivity (Wildman–Crippen MR) is 139 cm³/mol. The molecule has 0 saturated heterocycles. The van der Waals surface area contributed by atoms with Crippen LogP contribution in [0.3, 0.4) is 0 Å². The van der Waals surface area contributed by atoms with Crippen molar-refractivity contribution < 1.29 is 17.9 Å². The van der Waals surface area contributed by atoms with Gasteiger partial charge >= 0.3 is 4.87 Å². The summed E-state index contributed by atoms with van der Waals surface area (Å²) in [6.07, 6.45) is 0. The van der Waals surface area contributed by atoms with Crippen LogP contribution in [0.1, 0.15) is 5.56 Å². The van der Waals surface area contributed by atoms with E-state index in [1.54, 1.807) is 43.4 Å². The molecule has 0 spiro atoms. The first-order valence-corrected chi connectivity index (χ1v) is 13.1. The number of halogens is 1. The molecule has 1 amide bonds. The normalized spacial score (nSPS) is 11.4. The number of fused-ring (bicyclic) bond motifs is 1. The van der Waals surface area contributed by atoms with Gasteiger partial charge < -0.3 is 14.6 Å².